The van der Waals surface area contributed by atoms with Crippen molar-refractivity contribution in [1.29, 1.82) is 0 Å². The van der Waals surface area contributed by atoms with Crippen molar-refractivity contribution in [2.45, 2.75) is 25.9 Å². The smallest absolute Gasteiger partial charge is 0.145 e. The third kappa shape index (κ3) is 3.17. The van der Waals surface area contributed by atoms with Crippen LogP contribution in [0.3, 0.4) is 0 Å². The van der Waals surface area contributed by atoms with Gasteiger partial charge in [0.05, 0.1) is 11.6 Å². The summed E-state index contributed by atoms with van der Waals surface area (Å²) in [5.41, 5.74) is 6.97. The van der Waals surface area contributed by atoms with Crippen LogP contribution in [0.15, 0.2) is 12.1 Å². The number of nitrogens with two attached hydrogens (primary N) is 1. The predicted octanol–water partition coefficient (Wildman–Crippen LogP) is 3.08. The Labute approximate surface area is 101 Å². The van der Waals surface area contributed by atoms with Gasteiger partial charge in [0.15, 0.2) is 0 Å². The van der Waals surface area contributed by atoms with Gasteiger partial charge in [0.2, 0.25) is 0 Å². The van der Waals surface area contributed by atoms with Gasteiger partial charge in [-0.05, 0) is 36.1 Å². The van der Waals surface area contributed by atoms with Crippen molar-refractivity contribution in [3.8, 4) is 0 Å². The molecule has 1 unspecified atom stereocenters. The zero-order valence-corrected chi connectivity index (χ0v) is 10.4. The highest BCUT2D eigenvalue weighted by atomic mass is 35.5. The summed E-state index contributed by atoms with van der Waals surface area (Å²) in [5, 5.41) is 0.147. The predicted molar refractivity (Wildman–Crippen MR) is 64.2 cm³/mol. The fourth-order valence-electron chi connectivity index (χ4n) is 1.68. The summed E-state index contributed by atoms with van der Waals surface area (Å²) in [5.74, 6) is -0.276. The fourth-order valence-corrected chi connectivity index (χ4v) is 1.93. The van der Waals surface area contributed by atoms with Gasteiger partial charge in [-0.3, -0.25) is 0 Å². The van der Waals surface area contributed by atoms with Crippen molar-refractivity contribution in [2.75, 3.05) is 13.7 Å². The van der Waals surface area contributed by atoms with E-state index in [1.807, 2.05) is 6.92 Å². The molecule has 0 aromatic heterocycles. The summed E-state index contributed by atoms with van der Waals surface area (Å²) in [6.07, 6.45) is 0.740. The minimum Gasteiger partial charge on any atom is -0.380 e. The monoisotopic (exact) mass is 245 g/mol. The molecule has 0 heterocycles. The van der Waals surface area contributed by atoms with E-state index in [-0.39, 0.29) is 16.8 Å². The molecule has 0 spiro atoms. The molecule has 0 aliphatic carbocycles. The van der Waals surface area contributed by atoms with Crippen LogP contribution >= 0.6 is 11.6 Å². The molecule has 0 bridgehead atoms. The average molecular weight is 246 g/mol. The largest absolute Gasteiger partial charge is 0.380 e. The quantitative estimate of drug-likeness (QED) is 0.865. The Morgan fingerprint density at radius 1 is 1.50 bits per heavy atom. The number of ether oxygens (including phenoxy) is 1. The summed E-state index contributed by atoms with van der Waals surface area (Å²) >= 11 is 5.84. The van der Waals surface area contributed by atoms with E-state index < -0.39 is 0 Å². The summed E-state index contributed by atoms with van der Waals surface area (Å²) < 4.78 is 18.8. The lowest BCUT2D eigenvalue weighted by molar-refractivity contribution is 0.184. The minimum absolute atomic E-state index is 0.0688. The van der Waals surface area contributed by atoms with E-state index >= 15 is 0 Å². The van der Waals surface area contributed by atoms with E-state index in [2.05, 4.69) is 0 Å². The van der Waals surface area contributed by atoms with Gasteiger partial charge in [0, 0.05) is 7.11 Å². The van der Waals surface area contributed by atoms with E-state index in [4.69, 9.17) is 22.1 Å². The molecule has 4 heteroatoms. The Kier molecular flexibility index (Phi) is 5.19. The van der Waals surface area contributed by atoms with Crippen LogP contribution in [0.4, 0.5) is 4.39 Å². The van der Waals surface area contributed by atoms with Crippen LogP contribution in [0.2, 0.25) is 5.02 Å². The highest BCUT2D eigenvalue weighted by Gasteiger charge is 2.14. The van der Waals surface area contributed by atoms with Crippen molar-refractivity contribution < 1.29 is 9.13 Å². The summed E-state index contributed by atoms with van der Waals surface area (Å²) in [4.78, 5) is 0. The third-order valence-electron chi connectivity index (χ3n) is 2.56. The molecule has 0 saturated carbocycles. The Morgan fingerprint density at radius 2 is 2.19 bits per heavy atom. The maximum Gasteiger partial charge on any atom is 0.145 e. The lowest BCUT2D eigenvalue weighted by Gasteiger charge is -2.14. The molecular formula is C12H17ClFNO. The number of benzene rings is 1. The fraction of sp³-hybridized carbons (Fsp3) is 0.500. The first-order chi connectivity index (χ1) is 7.60. The SMILES string of the molecule is COCc1cc(Cl)c(F)c(C(C)CCN)c1. The van der Waals surface area contributed by atoms with Crippen LogP contribution in [0, 0.1) is 5.82 Å². The molecule has 1 rings (SSSR count). The summed E-state index contributed by atoms with van der Waals surface area (Å²) in [6.45, 7) is 2.91. The second-order valence-electron chi connectivity index (χ2n) is 3.89. The van der Waals surface area contributed by atoms with Gasteiger partial charge in [-0.1, -0.05) is 24.6 Å². The summed E-state index contributed by atoms with van der Waals surface area (Å²) in [6, 6.07) is 3.39. The Balaban J connectivity index is 3.05. The average Bonchev–Trinajstić information content (AvgIpc) is 2.23. The van der Waals surface area contributed by atoms with Gasteiger partial charge in [-0.25, -0.2) is 4.39 Å². The van der Waals surface area contributed by atoms with Crippen molar-refractivity contribution >= 4 is 11.6 Å². The Morgan fingerprint density at radius 3 is 2.75 bits per heavy atom. The molecule has 1 aromatic rings. The molecule has 16 heavy (non-hydrogen) atoms. The van der Waals surface area contributed by atoms with Crippen LogP contribution in [0.25, 0.3) is 0 Å². The highest BCUT2D eigenvalue weighted by molar-refractivity contribution is 6.30. The molecule has 0 radical (unpaired) electrons. The third-order valence-corrected chi connectivity index (χ3v) is 2.83. The van der Waals surface area contributed by atoms with E-state index in [1.54, 1.807) is 19.2 Å². The molecule has 2 nitrogen and oxygen atoms in total. The molecule has 0 aliphatic rings. The Hall–Kier alpha value is -0.640. The van der Waals surface area contributed by atoms with Gasteiger partial charge in [-0.15, -0.1) is 0 Å². The summed E-state index contributed by atoms with van der Waals surface area (Å²) in [7, 11) is 1.60. The zero-order valence-electron chi connectivity index (χ0n) is 9.59. The second kappa shape index (κ2) is 6.18. The van der Waals surface area contributed by atoms with Crippen LogP contribution < -0.4 is 5.73 Å². The highest BCUT2D eigenvalue weighted by Crippen LogP contribution is 2.28. The van der Waals surface area contributed by atoms with Gasteiger partial charge in [-0.2, -0.15) is 0 Å². The molecule has 0 saturated heterocycles. The van der Waals surface area contributed by atoms with Gasteiger partial charge >= 0.3 is 0 Å². The van der Waals surface area contributed by atoms with Gasteiger partial charge < -0.3 is 10.5 Å². The second-order valence-corrected chi connectivity index (χ2v) is 4.30. The van der Waals surface area contributed by atoms with Crippen molar-refractivity contribution in [3.63, 3.8) is 0 Å². The zero-order chi connectivity index (χ0) is 12.1. The molecule has 0 aliphatic heterocycles. The number of rotatable bonds is 5. The molecule has 0 fully saturated rings. The molecular weight excluding hydrogens is 229 g/mol. The van der Waals surface area contributed by atoms with E-state index in [0.29, 0.717) is 18.7 Å². The van der Waals surface area contributed by atoms with Crippen LogP contribution in [0.1, 0.15) is 30.4 Å². The van der Waals surface area contributed by atoms with Crippen LogP contribution in [-0.2, 0) is 11.3 Å². The topological polar surface area (TPSA) is 35.2 Å². The van der Waals surface area contributed by atoms with Gasteiger partial charge in [0.25, 0.3) is 0 Å². The first-order valence-corrected chi connectivity index (χ1v) is 5.64. The van der Waals surface area contributed by atoms with E-state index in [0.717, 1.165) is 12.0 Å². The van der Waals surface area contributed by atoms with Gasteiger partial charge in [0.1, 0.15) is 5.82 Å². The molecule has 90 valence electrons. The maximum atomic E-state index is 13.8. The maximum absolute atomic E-state index is 13.8. The standard InChI is InChI=1S/C12H17ClFNO/c1-8(3-4-15)10-5-9(7-16-2)6-11(13)12(10)14/h5-6,8H,3-4,7,15H2,1-2H3. The van der Waals surface area contributed by atoms with Crippen molar-refractivity contribution in [2.24, 2.45) is 5.73 Å². The first kappa shape index (κ1) is 13.4. The molecule has 1 atom stereocenters. The lowest BCUT2D eigenvalue weighted by Crippen LogP contribution is -2.07. The minimum atomic E-state index is -0.345. The van der Waals surface area contributed by atoms with Crippen molar-refractivity contribution in [3.05, 3.63) is 34.1 Å². The first-order valence-electron chi connectivity index (χ1n) is 5.27. The Bertz CT molecular complexity index is 357. The lowest BCUT2D eigenvalue weighted by atomic mass is 9.95. The molecule has 1 aromatic carbocycles. The normalized spacial score (nSPS) is 12.8. The van der Waals surface area contributed by atoms with E-state index in [1.165, 1.54) is 0 Å². The van der Waals surface area contributed by atoms with E-state index in [9.17, 15) is 4.39 Å². The number of hydrogen-bond acceptors (Lipinski definition) is 2. The van der Waals surface area contributed by atoms with Crippen LogP contribution in [0.5, 0.6) is 0 Å². The number of halogens is 2. The van der Waals surface area contributed by atoms with Crippen LogP contribution in [-0.4, -0.2) is 13.7 Å². The molecule has 0 amide bonds. The number of hydrogen-bond donors (Lipinski definition) is 1. The van der Waals surface area contributed by atoms with Crippen molar-refractivity contribution in [1.82, 2.24) is 0 Å². The number of methoxy groups -OCH3 is 1. The molecule has 2 N–H and O–H groups in total.